The second kappa shape index (κ2) is 6.24. The highest BCUT2D eigenvalue weighted by Gasteiger charge is 2.16. The number of nitrogens with one attached hydrogen (secondary N) is 2. The molecule has 0 unspecified atom stereocenters. The number of hydrogen-bond acceptors (Lipinski definition) is 2. The Morgan fingerprint density at radius 2 is 2.00 bits per heavy atom. The summed E-state index contributed by atoms with van der Waals surface area (Å²) in [5.41, 5.74) is 2.30. The average Bonchev–Trinajstić information content (AvgIpc) is 2.41. The lowest BCUT2D eigenvalue weighted by Crippen LogP contribution is -2.39. The molecule has 1 aliphatic rings. The van der Waals surface area contributed by atoms with Crippen LogP contribution in [0.4, 0.5) is 10.5 Å². The first-order valence-electron chi connectivity index (χ1n) is 6.77. The van der Waals surface area contributed by atoms with Gasteiger partial charge >= 0.3 is 6.03 Å². The van der Waals surface area contributed by atoms with Crippen LogP contribution in [0.5, 0.6) is 0 Å². The molecule has 1 aromatic rings. The minimum Gasteiger partial charge on any atom is -0.335 e. The zero-order chi connectivity index (χ0) is 13.8. The lowest BCUT2D eigenvalue weighted by molar-refractivity contribution is 0.244. The van der Waals surface area contributed by atoms with Crippen LogP contribution in [0.25, 0.3) is 0 Å². The van der Waals surface area contributed by atoms with Gasteiger partial charge in [0.1, 0.15) is 0 Å². The highest BCUT2D eigenvalue weighted by Crippen LogP contribution is 2.25. The third-order valence-electron chi connectivity index (χ3n) is 3.63. The topological polar surface area (TPSA) is 54.0 Å². The monoisotopic (exact) mass is 281 g/mol. The van der Waals surface area contributed by atoms with Crippen LogP contribution in [0, 0.1) is 13.8 Å². The first kappa shape index (κ1) is 14.1. The van der Waals surface area contributed by atoms with Crippen LogP contribution in [0.2, 0.25) is 5.02 Å². The molecular formula is C14H20ClN3O. The van der Waals surface area contributed by atoms with E-state index in [-0.39, 0.29) is 6.03 Å². The number of rotatable bonds is 2. The van der Waals surface area contributed by atoms with Crippen LogP contribution in [0.15, 0.2) is 6.20 Å². The minimum absolute atomic E-state index is 0.170. The third-order valence-corrected chi connectivity index (χ3v) is 4.18. The van der Waals surface area contributed by atoms with Crippen molar-refractivity contribution in [1.82, 2.24) is 10.3 Å². The molecule has 0 radical (unpaired) electrons. The molecule has 0 aromatic carbocycles. The summed E-state index contributed by atoms with van der Waals surface area (Å²) in [5.74, 6) is 0. The Kier molecular flexibility index (Phi) is 4.64. The zero-order valence-corrected chi connectivity index (χ0v) is 12.2. The van der Waals surface area contributed by atoms with Crippen LogP contribution in [0.1, 0.15) is 43.4 Å². The van der Waals surface area contributed by atoms with Crippen molar-refractivity contribution in [2.75, 3.05) is 5.32 Å². The van der Waals surface area contributed by atoms with Crippen LogP contribution < -0.4 is 10.6 Å². The Morgan fingerprint density at radius 3 is 2.68 bits per heavy atom. The second-order valence-electron chi connectivity index (χ2n) is 5.13. The van der Waals surface area contributed by atoms with Gasteiger partial charge in [0.25, 0.3) is 0 Å². The van der Waals surface area contributed by atoms with Gasteiger partial charge in [0, 0.05) is 6.04 Å². The van der Waals surface area contributed by atoms with Gasteiger partial charge in [-0.1, -0.05) is 30.9 Å². The fourth-order valence-corrected chi connectivity index (χ4v) is 2.57. The van der Waals surface area contributed by atoms with E-state index < -0.39 is 0 Å². The summed E-state index contributed by atoms with van der Waals surface area (Å²) in [6.07, 6.45) is 7.45. The van der Waals surface area contributed by atoms with Crippen LogP contribution in [-0.4, -0.2) is 17.1 Å². The molecule has 1 saturated carbocycles. The molecule has 2 amide bonds. The van der Waals surface area contributed by atoms with Crippen molar-refractivity contribution in [3.8, 4) is 0 Å². The van der Waals surface area contributed by atoms with E-state index in [4.69, 9.17) is 11.6 Å². The Morgan fingerprint density at radius 1 is 1.32 bits per heavy atom. The number of aryl methyl sites for hydroxylation is 1. The van der Waals surface area contributed by atoms with Gasteiger partial charge in [0.2, 0.25) is 0 Å². The zero-order valence-electron chi connectivity index (χ0n) is 11.4. The molecule has 1 aliphatic carbocycles. The lowest BCUT2D eigenvalue weighted by Gasteiger charge is -2.23. The molecule has 0 spiro atoms. The van der Waals surface area contributed by atoms with E-state index in [2.05, 4.69) is 15.6 Å². The van der Waals surface area contributed by atoms with E-state index in [1.54, 1.807) is 6.20 Å². The molecule has 1 fully saturated rings. The Balaban J connectivity index is 1.97. The van der Waals surface area contributed by atoms with Gasteiger partial charge in [-0.15, -0.1) is 0 Å². The van der Waals surface area contributed by atoms with Gasteiger partial charge in [-0.25, -0.2) is 4.79 Å². The third kappa shape index (κ3) is 3.60. The number of hydrogen-bond donors (Lipinski definition) is 2. The summed E-state index contributed by atoms with van der Waals surface area (Å²) in [6.45, 7) is 3.73. The van der Waals surface area contributed by atoms with Crippen molar-refractivity contribution in [1.29, 1.82) is 0 Å². The van der Waals surface area contributed by atoms with Crippen LogP contribution in [-0.2, 0) is 0 Å². The van der Waals surface area contributed by atoms with E-state index in [9.17, 15) is 4.79 Å². The predicted molar refractivity (Wildman–Crippen MR) is 77.7 cm³/mol. The molecule has 1 heterocycles. The van der Waals surface area contributed by atoms with Crippen molar-refractivity contribution in [2.45, 2.75) is 52.0 Å². The normalized spacial score (nSPS) is 16.2. The van der Waals surface area contributed by atoms with Crippen molar-refractivity contribution < 1.29 is 4.79 Å². The van der Waals surface area contributed by atoms with Gasteiger partial charge in [0.05, 0.1) is 22.6 Å². The maximum absolute atomic E-state index is 11.9. The number of urea groups is 1. The van der Waals surface area contributed by atoms with E-state index in [1.807, 2.05) is 13.8 Å². The standard InChI is InChI=1S/C14H20ClN3O/c1-9-12(8-16-10(2)13(9)15)18-14(19)17-11-6-4-3-5-7-11/h8,11H,3-7H2,1-2H3,(H2,17,18,19). The maximum Gasteiger partial charge on any atom is 0.319 e. The molecular weight excluding hydrogens is 262 g/mol. The number of aromatic nitrogens is 1. The van der Waals surface area contributed by atoms with Crippen molar-refractivity contribution in [2.24, 2.45) is 0 Å². The quantitative estimate of drug-likeness (QED) is 0.866. The smallest absolute Gasteiger partial charge is 0.319 e. The first-order valence-corrected chi connectivity index (χ1v) is 7.15. The molecule has 104 valence electrons. The second-order valence-corrected chi connectivity index (χ2v) is 5.51. The van der Waals surface area contributed by atoms with Gasteiger partial charge < -0.3 is 10.6 Å². The largest absolute Gasteiger partial charge is 0.335 e. The summed E-state index contributed by atoms with van der Waals surface area (Å²) < 4.78 is 0. The highest BCUT2D eigenvalue weighted by atomic mass is 35.5. The molecule has 1 aromatic heterocycles. The summed E-state index contributed by atoms with van der Waals surface area (Å²) in [6, 6.07) is 0.125. The molecule has 0 aliphatic heterocycles. The average molecular weight is 282 g/mol. The number of carbonyl (C=O) groups excluding carboxylic acids is 1. The number of pyridine rings is 1. The number of amides is 2. The molecule has 2 N–H and O–H groups in total. The van der Waals surface area contributed by atoms with E-state index in [0.717, 1.165) is 24.1 Å². The Bertz CT molecular complexity index is 470. The summed E-state index contributed by atoms with van der Waals surface area (Å²) in [5, 5.41) is 6.44. The van der Waals surface area contributed by atoms with Crippen molar-refractivity contribution in [3.05, 3.63) is 22.5 Å². The fourth-order valence-electron chi connectivity index (χ4n) is 2.42. The molecule has 5 heteroatoms. The maximum atomic E-state index is 11.9. The van der Waals surface area contributed by atoms with Gasteiger partial charge in [-0.05, 0) is 32.3 Å². The lowest BCUT2D eigenvalue weighted by atomic mass is 9.96. The number of carbonyl (C=O) groups is 1. The van der Waals surface area contributed by atoms with Gasteiger partial charge in [-0.3, -0.25) is 4.98 Å². The first-order chi connectivity index (χ1) is 9.08. The summed E-state index contributed by atoms with van der Waals surface area (Å²) in [4.78, 5) is 16.1. The van der Waals surface area contributed by atoms with E-state index >= 15 is 0 Å². The van der Waals surface area contributed by atoms with Crippen LogP contribution in [0.3, 0.4) is 0 Å². The van der Waals surface area contributed by atoms with Crippen molar-refractivity contribution >= 4 is 23.3 Å². The molecule has 0 saturated heterocycles. The SMILES string of the molecule is Cc1ncc(NC(=O)NC2CCCCC2)c(C)c1Cl. The number of anilines is 1. The highest BCUT2D eigenvalue weighted by molar-refractivity contribution is 6.32. The van der Waals surface area contributed by atoms with Crippen molar-refractivity contribution in [3.63, 3.8) is 0 Å². The molecule has 19 heavy (non-hydrogen) atoms. The molecule has 2 rings (SSSR count). The molecule has 4 nitrogen and oxygen atoms in total. The fraction of sp³-hybridized carbons (Fsp3) is 0.571. The molecule has 0 bridgehead atoms. The van der Waals surface area contributed by atoms with E-state index in [1.165, 1.54) is 19.3 Å². The van der Waals surface area contributed by atoms with Gasteiger partial charge in [-0.2, -0.15) is 0 Å². The summed E-state index contributed by atoms with van der Waals surface area (Å²) in [7, 11) is 0. The van der Waals surface area contributed by atoms with E-state index in [0.29, 0.717) is 16.8 Å². The summed E-state index contributed by atoms with van der Waals surface area (Å²) >= 11 is 6.12. The minimum atomic E-state index is -0.170. The Hall–Kier alpha value is -1.29. The van der Waals surface area contributed by atoms with Gasteiger partial charge in [0.15, 0.2) is 0 Å². The van der Waals surface area contributed by atoms with Crippen LogP contribution >= 0.6 is 11.6 Å². The number of nitrogens with zero attached hydrogens (tertiary/aromatic N) is 1. The predicted octanol–water partition coefficient (Wildman–Crippen LogP) is 3.81. The number of halogens is 1. The Labute approximate surface area is 118 Å². The molecule has 0 atom stereocenters.